The maximum Gasteiger partial charge on any atom is 0.169 e. The zero-order chi connectivity index (χ0) is 25.0. The van der Waals surface area contributed by atoms with Gasteiger partial charge in [-0.3, -0.25) is 0 Å². The lowest BCUT2D eigenvalue weighted by Gasteiger charge is -2.18. The van der Waals surface area contributed by atoms with E-state index in [0.717, 1.165) is 35.5 Å². The second-order valence-corrected chi connectivity index (χ2v) is 9.81. The quantitative estimate of drug-likeness (QED) is 0.217. The van der Waals surface area contributed by atoms with Gasteiger partial charge in [-0.05, 0) is 64.8 Å². The van der Waals surface area contributed by atoms with E-state index in [-0.39, 0.29) is 0 Å². The highest BCUT2D eigenvalue weighted by atomic mass is 16.5. The fourth-order valence-corrected chi connectivity index (χ4v) is 5.15. The lowest BCUT2D eigenvalue weighted by molar-refractivity contribution is 0.257. The molecular weight excluding hydrogens is 452 g/mol. The zero-order valence-electron chi connectivity index (χ0n) is 21.1. The van der Waals surface area contributed by atoms with Crippen LogP contribution in [0.3, 0.4) is 0 Å². The van der Waals surface area contributed by atoms with Gasteiger partial charge >= 0.3 is 0 Å². The van der Waals surface area contributed by atoms with Crippen molar-refractivity contribution in [2.45, 2.75) is 33.0 Å². The Morgan fingerprint density at radius 3 is 1.95 bits per heavy atom. The summed E-state index contributed by atoms with van der Waals surface area (Å²) in [7, 11) is 0. The summed E-state index contributed by atoms with van der Waals surface area (Å²) in [5, 5.41) is 0. The van der Waals surface area contributed by atoms with Crippen LogP contribution in [0.5, 0.6) is 11.5 Å². The maximum atomic E-state index is 6.56. The Kier molecular flexibility index (Phi) is 6.47. The minimum absolute atomic E-state index is 0.497. The van der Waals surface area contributed by atoms with Crippen molar-refractivity contribution in [2.24, 2.45) is 0 Å². The van der Waals surface area contributed by atoms with E-state index in [9.17, 15) is 0 Å². The molecule has 0 fully saturated rings. The molecule has 2 heteroatoms. The number of benzene rings is 5. The molecule has 0 saturated carbocycles. The van der Waals surface area contributed by atoms with Gasteiger partial charge in [-0.25, -0.2) is 0 Å². The Labute approximate surface area is 219 Å². The lowest BCUT2D eigenvalue weighted by atomic mass is 9.97. The highest BCUT2D eigenvalue weighted by Gasteiger charge is 2.26. The normalized spacial score (nSPS) is 11.6. The van der Waals surface area contributed by atoms with Crippen molar-refractivity contribution in [3.63, 3.8) is 0 Å². The van der Waals surface area contributed by atoms with Crippen LogP contribution >= 0.6 is 0 Å². The molecule has 6 rings (SSSR count). The summed E-state index contributed by atoms with van der Waals surface area (Å²) in [5.74, 6) is 1.62. The first-order valence-corrected chi connectivity index (χ1v) is 12.9. The Morgan fingerprint density at radius 2 is 1.22 bits per heavy atom. The summed E-state index contributed by atoms with van der Waals surface area (Å²) in [6.45, 7) is 3.15. The monoisotopic (exact) mass is 482 g/mol. The molecule has 0 aromatic heterocycles. The van der Waals surface area contributed by atoms with Crippen molar-refractivity contribution in [3.05, 3.63) is 154 Å². The average molecular weight is 483 g/mol. The molecule has 5 aromatic rings. The van der Waals surface area contributed by atoms with E-state index >= 15 is 0 Å². The van der Waals surface area contributed by atoms with E-state index in [0.29, 0.717) is 13.2 Å². The van der Waals surface area contributed by atoms with Crippen molar-refractivity contribution in [1.29, 1.82) is 0 Å². The smallest absolute Gasteiger partial charge is 0.169 e. The largest absolute Gasteiger partial charge is 0.485 e. The molecule has 182 valence electrons. The molecular formula is C35H30O2. The first kappa shape index (κ1) is 23.1. The molecule has 1 aliphatic rings. The molecule has 2 nitrogen and oxygen atoms in total. The molecule has 0 amide bonds. The number of ether oxygens (including phenoxy) is 2. The molecule has 0 N–H and O–H groups in total. The van der Waals surface area contributed by atoms with E-state index in [1.807, 2.05) is 36.4 Å². The predicted molar refractivity (Wildman–Crippen MR) is 150 cm³/mol. The molecule has 5 aromatic carbocycles. The molecule has 1 aliphatic carbocycles. The fraction of sp³-hybridized carbons (Fsp3) is 0.143. The van der Waals surface area contributed by atoms with Gasteiger partial charge in [-0.2, -0.15) is 0 Å². The van der Waals surface area contributed by atoms with Gasteiger partial charge in [0, 0.05) is 5.56 Å². The molecule has 0 bridgehead atoms. The Hall–Kier alpha value is -4.30. The van der Waals surface area contributed by atoms with Gasteiger partial charge in [0.25, 0.3) is 0 Å². The van der Waals surface area contributed by atoms with E-state index < -0.39 is 0 Å². The Balaban J connectivity index is 1.36. The first-order chi connectivity index (χ1) is 18.2. The molecule has 0 radical (unpaired) electrons. The Morgan fingerprint density at radius 1 is 0.568 bits per heavy atom. The van der Waals surface area contributed by atoms with Gasteiger partial charge in [0.05, 0.1) is 0 Å². The number of hydrogen-bond acceptors (Lipinski definition) is 2. The predicted octanol–water partition coefficient (Wildman–Crippen LogP) is 8.32. The maximum absolute atomic E-state index is 6.56. The van der Waals surface area contributed by atoms with Crippen molar-refractivity contribution in [1.82, 2.24) is 0 Å². The van der Waals surface area contributed by atoms with Crippen LogP contribution in [0.4, 0.5) is 0 Å². The highest BCUT2D eigenvalue weighted by molar-refractivity contribution is 5.84. The molecule has 37 heavy (non-hydrogen) atoms. The van der Waals surface area contributed by atoms with Crippen LogP contribution in [0.1, 0.15) is 38.9 Å². The fourth-order valence-electron chi connectivity index (χ4n) is 5.15. The van der Waals surface area contributed by atoms with Gasteiger partial charge < -0.3 is 9.47 Å². The van der Waals surface area contributed by atoms with E-state index in [1.165, 1.54) is 38.9 Å². The van der Waals surface area contributed by atoms with Crippen molar-refractivity contribution in [2.75, 3.05) is 0 Å². The van der Waals surface area contributed by atoms with Crippen molar-refractivity contribution < 1.29 is 9.47 Å². The van der Waals surface area contributed by atoms with Crippen LogP contribution in [-0.2, 0) is 26.1 Å². The van der Waals surface area contributed by atoms with Gasteiger partial charge in [0.1, 0.15) is 13.2 Å². The second-order valence-electron chi connectivity index (χ2n) is 9.81. The SMILES string of the molecule is Cc1cccc(Cc2ccc3c(c2)-c2c(ccc(OCc4ccccc4)c2OCc2ccccc2)C3)c1. The number of fused-ring (bicyclic) bond motifs is 3. The van der Waals surface area contributed by atoms with Gasteiger partial charge in [0.15, 0.2) is 11.5 Å². The van der Waals surface area contributed by atoms with Gasteiger partial charge in [-0.1, -0.05) is 115 Å². The standard InChI is InChI=1S/C35H30O2/c1-25-9-8-14-28(19-25)20-29-15-16-30-22-31-17-18-33(36-23-26-10-4-2-5-11-26)35(34(31)32(30)21-29)37-24-27-12-6-3-7-13-27/h2-19,21H,20,22-24H2,1H3. The second kappa shape index (κ2) is 10.4. The molecule has 0 aliphatic heterocycles. The topological polar surface area (TPSA) is 18.5 Å². The minimum Gasteiger partial charge on any atom is -0.485 e. The van der Waals surface area contributed by atoms with Crippen LogP contribution in [0.2, 0.25) is 0 Å². The summed E-state index contributed by atoms with van der Waals surface area (Å²) in [6.07, 6.45) is 1.82. The summed E-state index contributed by atoms with van der Waals surface area (Å²) >= 11 is 0. The van der Waals surface area contributed by atoms with Crippen molar-refractivity contribution >= 4 is 0 Å². The van der Waals surface area contributed by atoms with Gasteiger partial charge in [-0.15, -0.1) is 0 Å². The summed E-state index contributed by atoms with van der Waals surface area (Å²) in [6, 6.07) is 40.5. The number of aryl methyl sites for hydroxylation is 1. The van der Waals surface area contributed by atoms with Crippen LogP contribution < -0.4 is 9.47 Å². The van der Waals surface area contributed by atoms with Crippen LogP contribution in [0.15, 0.2) is 115 Å². The van der Waals surface area contributed by atoms with Crippen LogP contribution in [-0.4, -0.2) is 0 Å². The highest BCUT2D eigenvalue weighted by Crippen LogP contribution is 2.48. The minimum atomic E-state index is 0.497. The summed E-state index contributed by atoms with van der Waals surface area (Å²) in [5.41, 5.74) is 11.3. The first-order valence-electron chi connectivity index (χ1n) is 12.9. The lowest BCUT2D eigenvalue weighted by Crippen LogP contribution is -2.02. The molecule has 0 heterocycles. The average Bonchev–Trinajstić information content (AvgIpc) is 3.30. The molecule has 0 spiro atoms. The molecule has 0 unspecified atom stereocenters. The van der Waals surface area contributed by atoms with E-state index in [2.05, 4.69) is 85.8 Å². The third-order valence-electron chi connectivity index (χ3n) is 6.99. The molecule has 0 atom stereocenters. The third-order valence-corrected chi connectivity index (χ3v) is 6.99. The summed E-state index contributed by atoms with van der Waals surface area (Å²) in [4.78, 5) is 0. The number of rotatable bonds is 8. The summed E-state index contributed by atoms with van der Waals surface area (Å²) < 4.78 is 12.9. The molecule has 0 saturated heterocycles. The Bertz CT molecular complexity index is 1520. The van der Waals surface area contributed by atoms with E-state index in [4.69, 9.17) is 9.47 Å². The third kappa shape index (κ3) is 5.15. The number of hydrogen-bond donors (Lipinski definition) is 0. The van der Waals surface area contributed by atoms with Crippen LogP contribution in [0, 0.1) is 6.92 Å². The van der Waals surface area contributed by atoms with Crippen LogP contribution in [0.25, 0.3) is 11.1 Å². The van der Waals surface area contributed by atoms with Gasteiger partial charge in [0.2, 0.25) is 0 Å². The zero-order valence-corrected chi connectivity index (χ0v) is 21.1. The van der Waals surface area contributed by atoms with Crippen molar-refractivity contribution in [3.8, 4) is 22.6 Å². The van der Waals surface area contributed by atoms with E-state index in [1.54, 1.807) is 0 Å².